The van der Waals surface area contributed by atoms with Crippen molar-refractivity contribution in [3.63, 3.8) is 0 Å². The predicted octanol–water partition coefficient (Wildman–Crippen LogP) is 2.13. The number of nitrogens with zero attached hydrogens (tertiary/aromatic N) is 1. The van der Waals surface area contributed by atoms with E-state index in [2.05, 4.69) is 15.8 Å². The maximum atomic E-state index is 11.6. The lowest BCUT2D eigenvalue weighted by atomic mass is 10.2. The van der Waals surface area contributed by atoms with Crippen LogP contribution < -0.4 is 10.7 Å². The molecule has 0 heterocycles. The smallest absolute Gasteiger partial charge is 0.329 e. The van der Waals surface area contributed by atoms with E-state index in [1.165, 1.54) is 18.3 Å². The third-order valence-corrected chi connectivity index (χ3v) is 2.81. The molecular formula is C15H12ClN3O3. The summed E-state index contributed by atoms with van der Waals surface area (Å²) in [6, 6.07) is 12.6. The molecule has 2 aromatic rings. The van der Waals surface area contributed by atoms with Crippen molar-refractivity contribution in [2.45, 2.75) is 0 Å². The van der Waals surface area contributed by atoms with Gasteiger partial charge in [0.15, 0.2) is 0 Å². The van der Waals surface area contributed by atoms with E-state index in [0.29, 0.717) is 16.3 Å². The lowest BCUT2D eigenvalue weighted by Gasteiger charge is -2.03. The summed E-state index contributed by atoms with van der Waals surface area (Å²) in [5.74, 6) is -1.68. The summed E-state index contributed by atoms with van der Waals surface area (Å²) in [5, 5.41) is 15.8. The zero-order valence-electron chi connectivity index (χ0n) is 11.3. The SMILES string of the molecule is O=C(N/N=C\c1cccc(O)c1)C(=O)Nc1ccc(Cl)cc1. The van der Waals surface area contributed by atoms with Gasteiger partial charge < -0.3 is 10.4 Å². The van der Waals surface area contributed by atoms with Crippen molar-refractivity contribution in [1.82, 2.24) is 5.43 Å². The van der Waals surface area contributed by atoms with Crippen LogP contribution in [-0.4, -0.2) is 23.1 Å². The summed E-state index contributed by atoms with van der Waals surface area (Å²) in [7, 11) is 0. The highest BCUT2D eigenvalue weighted by Gasteiger charge is 2.12. The Morgan fingerprint density at radius 2 is 1.82 bits per heavy atom. The van der Waals surface area contributed by atoms with Crippen LogP contribution >= 0.6 is 11.6 Å². The molecule has 0 aromatic heterocycles. The number of aromatic hydroxyl groups is 1. The fourth-order valence-corrected chi connectivity index (χ4v) is 1.67. The second-order valence-electron chi connectivity index (χ2n) is 4.26. The number of halogens is 1. The fraction of sp³-hybridized carbons (Fsp3) is 0. The first-order chi connectivity index (χ1) is 10.5. The Kier molecular flexibility index (Phi) is 5.11. The summed E-state index contributed by atoms with van der Waals surface area (Å²) in [6.07, 6.45) is 1.31. The zero-order valence-corrected chi connectivity index (χ0v) is 12.0. The number of phenolic OH excluding ortho intramolecular Hbond substituents is 1. The van der Waals surface area contributed by atoms with Crippen molar-refractivity contribution < 1.29 is 14.7 Å². The maximum absolute atomic E-state index is 11.6. The Hall–Kier alpha value is -2.86. The number of hydrogen-bond donors (Lipinski definition) is 3. The van der Waals surface area contributed by atoms with Crippen molar-refractivity contribution in [2.24, 2.45) is 5.10 Å². The molecule has 7 heteroatoms. The standard InChI is InChI=1S/C15H12ClN3O3/c16-11-4-6-12(7-5-11)18-14(21)15(22)19-17-9-10-2-1-3-13(20)8-10/h1-9,20H,(H,18,21)(H,19,22)/b17-9-. The van der Waals surface area contributed by atoms with E-state index >= 15 is 0 Å². The Morgan fingerprint density at radius 1 is 1.09 bits per heavy atom. The van der Waals surface area contributed by atoms with E-state index in [-0.39, 0.29) is 5.75 Å². The molecule has 0 radical (unpaired) electrons. The van der Waals surface area contributed by atoms with Crippen LogP contribution in [0.2, 0.25) is 5.02 Å². The van der Waals surface area contributed by atoms with Gasteiger partial charge in [0.25, 0.3) is 0 Å². The van der Waals surface area contributed by atoms with E-state index in [0.717, 1.165) is 0 Å². The molecular weight excluding hydrogens is 306 g/mol. The molecule has 112 valence electrons. The van der Waals surface area contributed by atoms with Crippen LogP contribution in [-0.2, 0) is 9.59 Å². The summed E-state index contributed by atoms with van der Waals surface area (Å²) in [4.78, 5) is 23.2. The van der Waals surface area contributed by atoms with Crippen molar-refractivity contribution in [3.8, 4) is 5.75 Å². The summed E-state index contributed by atoms with van der Waals surface area (Å²) < 4.78 is 0. The molecule has 0 aliphatic heterocycles. The molecule has 0 saturated heterocycles. The molecule has 0 bridgehead atoms. The summed E-state index contributed by atoms with van der Waals surface area (Å²) in [6.45, 7) is 0. The number of rotatable bonds is 3. The molecule has 6 nitrogen and oxygen atoms in total. The van der Waals surface area contributed by atoms with E-state index in [1.807, 2.05) is 0 Å². The third-order valence-electron chi connectivity index (χ3n) is 2.56. The van der Waals surface area contributed by atoms with Crippen LogP contribution in [0.5, 0.6) is 5.75 Å². The van der Waals surface area contributed by atoms with E-state index < -0.39 is 11.8 Å². The minimum Gasteiger partial charge on any atom is -0.508 e. The normalized spacial score (nSPS) is 10.4. The first-order valence-electron chi connectivity index (χ1n) is 6.23. The molecule has 0 aliphatic rings. The van der Waals surface area contributed by atoms with Gasteiger partial charge in [-0.25, -0.2) is 5.43 Å². The number of phenols is 1. The van der Waals surface area contributed by atoms with Gasteiger partial charge >= 0.3 is 11.8 Å². The zero-order chi connectivity index (χ0) is 15.9. The highest BCUT2D eigenvalue weighted by atomic mass is 35.5. The number of hydrazone groups is 1. The molecule has 0 saturated carbocycles. The third kappa shape index (κ3) is 4.60. The Labute approximate surface area is 131 Å². The van der Waals surface area contributed by atoms with Crippen molar-refractivity contribution in [1.29, 1.82) is 0 Å². The molecule has 0 fully saturated rings. The largest absolute Gasteiger partial charge is 0.508 e. The minimum atomic E-state index is -0.911. The molecule has 2 amide bonds. The van der Waals surface area contributed by atoms with E-state index in [9.17, 15) is 14.7 Å². The van der Waals surface area contributed by atoms with Gasteiger partial charge in [0.05, 0.1) is 6.21 Å². The van der Waals surface area contributed by atoms with Crippen molar-refractivity contribution in [3.05, 3.63) is 59.1 Å². The van der Waals surface area contributed by atoms with Crippen LogP contribution in [0, 0.1) is 0 Å². The summed E-state index contributed by atoms with van der Waals surface area (Å²) in [5.41, 5.74) is 3.12. The molecule has 2 aromatic carbocycles. The van der Waals surface area contributed by atoms with E-state index in [4.69, 9.17) is 11.6 Å². The Morgan fingerprint density at radius 3 is 2.50 bits per heavy atom. The number of carbonyl (C=O) groups excluding carboxylic acids is 2. The Bertz CT molecular complexity index is 714. The average Bonchev–Trinajstić information content (AvgIpc) is 2.49. The van der Waals surface area contributed by atoms with Gasteiger partial charge in [-0.3, -0.25) is 9.59 Å². The maximum Gasteiger partial charge on any atom is 0.329 e. The molecule has 0 aliphatic carbocycles. The average molecular weight is 318 g/mol. The molecule has 0 unspecified atom stereocenters. The molecule has 3 N–H and O–H groups in total. The van der Waals surface area contributed by atoms with Gasteiger partial charge in [-0.1, -0.05) is 23.7 Å². The van der Waals surface area contributed by atoms with Crippen LogP contribution in [0.1, 0.15) is 5.56 Å². The van der Waals surface area contributed by atoms with E-state index in [1.54, 1.807) is 36.4 Å². The van der Waals surface area contributed by atoms with Crippen LogP contribution in [0.3, 0.4) is 0 Å². The van der Waals surface area contributed by atoms with Gasteiger partial charge in [0, 0.05) is 10.7 Å². The first-order valence-corrected chi connectivity index (χ1v) is 6.61. The number of benzene rings is 2. The number of amides is 2. The molecule has 0 spiro atoms. The second kappa shape index (κ2) is 7.24. The number of nitrogens with one attached hydrogen (secondary N) is 2. The second-order valence-corrected chi connectivity index (χ2v) is 4.69. The molecule has 2 rings (SSSR count). The highest BCUT2D eigenvalue weighted by Crippen LogP contribution is 2.13. The van der Waals surface area contributed by atoms with Crippen molar-refractivity contribution >= 4 is 35.3 Å². The lowest BCUT2D eigenvalue weighted by molar-refractivity contribution is -0.136. The lowest BCUT2D eigenvalue weighted by Crippen LogP contribution is -2.32. The van der Waals surface area contributed by atoms with Gasteiger partial charge in [0.1, 0.15) is 5.75 Å². The van der Waals surface area contributed by atoms with Gasteiger partial charge in [-0.15, -0.1) is 0 Å². The fourth-order valence-electron chi connectivity index (χ4n) is 1.54. The topological polar surface area (TPSA) is 90.8 Å². The van der Waals surface area contributed by atoms with Crippen molar-refractivity contribution in [2.75, 3.05) is 5.32 Å². The van der Waals surface area contributed by atoms with Crippen LogP contribution in [0.4, 0.5) is 5.69 Å². The van der Waals surface area contributed by atoms with Crippen LogP contribution in [0.25, 0.3) is 0 Å². The quantitative estimate of drug-likeness (QED) is 0.460. The van der Waals surface area contributed by atoms with Gasteiger partial charge in [0.2, 0.25) is 0 Å². The van der Waals surface area contributed by atoms with Gasteiger partial charge in [-0.2, -0.15) is 5.10 Å². The number of anilines is 1. The van der Waals surface area contributed by atoms with Crippen LogP contribution in [0.15, 0.2) is 53.6 Å². The number of hydrogen-bond acceptors (Lipinski definition) is 4. The number of carbonyl (C=O) groups is 2. The van der Waals surface area contributed by atoms with Gasteiger partial charge in [-0.05, 0) is 42.0 Å². The first kappa shape index (κ1) is 15.5. The summed E-state index contributed by atoms with van der Waals surface area (Å²) >= 11 is 5.72. The minimum absolute atomic E-state index is 0.0794. The Balaban J connectivity index is 1.89. The molecule has 0 atom stereocenters. The predicted molar refractivity (Wildman–Crippen MR) is 83.9 cm³/mol. The monoisotopic (exact) mass is 317 g/mol. The molecule has 22 heavy (non-hydrogen) atoms. The highest BCUT2D eigenvalue weighted by molar-refractivity contribution is 6.39.